The Morgan fingerprint density at radius 2 is 1.09 bits per heavy atom. The van der Waals surface area contributed by atoms with Crippen LogP contribution in [0.1, 0.15) is 25.0 Å². The lowest BCUT2D eigenvalue weighted by Gasteiger charge is -2.21. The molecule has 0 fully saturated rings. The summed E-state index contributed by atoms with van der Waals surface area (Å²) in [5.41, 5.74) is 10.3. The van der Waals surface area contributed by atoms with E-state index in [1.54, 1.807) is 0 Å². The van der Waals surface area contributed by atoms with Gasteiger partial charge in [0.25, 0.3) is 0 Å². The van der Waals surface area contributed by atoms with Crippen LogP contribution in [0.2, 0.25) is 0 Å². The molecule has 0 radical (unpaired) electrons. The van der Waals surface area contributed by atoms with Crippen molar-refractivity contribution in [2.75, 3.05) is 0 Å². The van der Waals surface area contributed by atoms with E-state index in [0.29, 0.717) is 0 Å². The van der Waals surface area contributed by atoms with Crippen molar-refractivity contribution < 1.29 is 0 Å². The molecular weight excluding hydrogens is 544 g/mol. The van der Waals surface area contributed by atoms with Crippen LogP contribution < -0.4 is 0 Å². The number of hydrogen-bond donors (Lipinski definition) is 0. The number of benzene rings is 7. The quantitative estimate of drug-likeness (QED) is 0.155. The monoisotopic (exact) mass is 574 g/mol. The largest absolute Gasteiger partial charge is 0.228 e. The van der Waals surface area contributed by atoms with Crippen molar-refractivity contribution in [1.82, 2.24) is 9.97 Å². The van der Waals surface area contributed by atoms with Gasteiger partial charge in [-0.05, 0) is 66.7 Å². The van der Waals surface area contributed by atoms with Crippen LogP contribution in [0.4, 0.5) is 0 Å². The fraction of sp³-hybridized carbons (Fsp3) is 0.0698. The first-order valence-corrected chi connectivity index (χ1v) is 15.6. The Labute approximate surface area is 262 Å². The Kier molecular flexibility index (Phi) is 5.58. The number of rotatable bonds is 3. The number of fused-ring (bicyclic) bond motifs is 7. The summed E-state index contributed by atoms with van der Waals surface area (Å²) in [5.74, 6) is 0.729. The van der Waals surface area contributed by atoms with Crippen molar-refractivity contribution in [2.45, 2.75) is 19.3 Å². The van der Waals surface area contributed by atoms with Gasteiger partial charge < -0.3 is 0 Å². The molecule has 0 spiro atoms. The van der Waals surface area contributed by atoms with E-state index in [4.69, 9.17) is 9.97 Å². The minimum Gasteiger partial charge on any atom is -0.228 e. The average molecular weight is 575 g/mol. The van der Waals surface area contributed by atoms with Crippen molar-refractivity contribution in [3.05, 3.63) is 157 Å². The Morgan fingerprint density at radius 1 is 0.444 bits per heavy atom. The maximum atomic E-state index is 5.36. The minimum absolute atomic E-state index is 0.0925. The summed E-state index contributed by atoms with van der Waals surface area (Å²) < 4.78 is 0. The lowest BCUT2D eigenvalue weighted by Crippen LogP contribution is -2.14. The zero-order chi connectivity index (χ0) is 30.1. The zero-order valence-corrected chi connectivity index (χ0v) is 25.3. The minimum atomic E-state index is -0.0925. The maximum Gasteiger partial charge on any atom is 0.160 e. The molecule has 1 aliphatic rings. The molecule has 7 aromatic carbocycles. The van der Waals surface area contributed by atoms with Crippen LogP contribution in [0.25, 0.3) is 77.3 Å². The van der Waals surface area contributed by atoms with Gasteiger partial charge >= 0.3 is 0 Å². The molecule has 1 aromatic heterocycles. The molecule has 0 atom stereocenters. The van der Waals surface area contributed by atoms with Gasteiger partial charge in [0, 0.05) is 22.1 Å². The fourth-order valence-electron chi connectivity index (χ4n) is 7.50. The van der Waals surface area contributed by atoms with Gasteiger partial charge in [-0.3, -0.25) is 0 Å². The smallest absolute Gasteiger partial charge is 0.160 e. The van der Waals surface area contributed by atoms with Gasteiger partial charge in [-0.1, -0.05) is 147 Å². The molecule has 2 nitrogen and oxygen atoms in total. The fourth-order valence-corrected chi connectivity index (χ4v) is 7.50. The second kappa shape index (κ2) is 9.70. The molecule has 0 saturated heterocycles. The summed E-state index contributed by atoms with van der Waals surface area (Å²) in [5, 5.41) is 7.27. The summed E-state index contributed by atoms with van der Waals surface area (Å²) in [7, 11) is 0. The Morgan fingerprint density at radius 3 is 1.96 bits per heavy atom. The van der Waals surface area contributed by atoms with Gasteiger partial charge in [0.05, 0.1) is 11.4 Å². The average Bonchev–Trinajstić information content (AvgIpc) is 3.33. The summed E-state index contributed by atoms with van der Waals surface area (Å²) in [6.07, 6.45) is 0. The van der Waals surface area contributed by atoms with Crippen LogP contribution in [0.5, 0.6) is 0 Å². The van der Waals surface area contributed by atoms with E-state index >= 15 is 0 Å². The van der Waals surface area contributed by atoms with Crippen molar-refractivity contribution in [3.63, 3.8) is 0 Å². The van der Waals surface area contributed by atoms with E-state index in [1.165, 1.54) is 54.6 Å². The second-order valence-corrected chi connectivity index (χ2v) is 12.6. The summed E-state index contributed by atoms with van der Waals surface area (Å²) in [6, 6.07) is 52.3. The first kappa shape index (κ1) is 25.9. The molecule has 9 rings (SSSR count). The molecule has 0 N–H and O–H groups in total. The molecular formula is C43H30N2. The molecule has 2 heteroatoms. The highest BCUT2D eigenvalue weighted by Crippen LogP contribution is 2.52. The summed E-state index contributed by atoms with van der Waals surface area (Å²) >= 11 is 0. The maximum absolute atomic E-state index is 5.36. The molecule has 1 aliphatic carbocycles. The predicted octanol–water partition coefficient (Wildman–Crippen LogP) is 11.2. The van der Waals surface area contributed by atoms with Crippen LogP contribution >= 0.6 is 0 Å². The van der Waals surface area contributed by atoms with Crippen LogP contribution in [0.15, 0.2) is 146 Å². The molecule has 0 bridgehead atoms. The lowest BCUT2D eigenvalue weighted by atomic mass is 9.82. The summed E-state index contributed by atoms with van der Waals surface area (Å²) in [4.78, 5) is 10.7. The third-order valence-electron chi connectivity index (χ3n) is 9.65. The van der Waals surface area contributed by atoms with Gasteiger partial charge in [0.2, 0.25) is 0 Å². The van der Waals surface area contributed by atoms with Crippen LogP contribution in [0, 0.1) is 0 Å². The third-order valence-corrected chi connectivity index (χ3v) is 9.65. The van der Waals surface area contributed by atoms with Gasteiger partial charge in [-0.2, -0.15) is 0 Å². The van der Waals surface area contributed by atoms with E-state index < -0.39 is 0 Å². The topological polar surface area (TPSA) is 25.8 Å². The zero-order valence-electron chi connectivity index (χ0n) is 25.3. The summed E-state index contributed by atoms with van der Waals surface area (Å²) in [6.45, 7) is 4.66. The second-order valence-electron chi connectivity index (χ2n) is 12.6. The van der Waals surface area contributed by atoms with Crippen molar-refractivity contribution in [1.29, 1.82) is 0 Å². The van der Waals surface area contributed by atoms with Crippen LogP contribution in [0.3, 0.4) is 0 Å². The Hall–Kier alpha value is -5.60. The van der Waals surface area contributed by atoms with Gasteiger partial charge in [0.1, 0.15) is 0 Å². The van der Waals surface area contributed by atoms with Crippen LogP contribution in [-0.4, -0.2) is 9.97 Å². The molecule has 8 aromatic rings. The standard InChI is InChI=1S/C43H30N2/c1-43(2)35-21-11-10-19-33(35)40-34(20-12-22-36(40)43)37-26-38(45-42(44-37)28-14-4-3-5-15-28)41-32-18-9-7-16-29(32)25-30-24-23-27-13-6-8-17-31(27)39(30)41/h3-26H,1-2H3. The van der Waals surface area contributed by atoms with Crippen molar-refractivity contribution in [2.24, 2.45) is 0 Å². The number of nitrogens with zero attached hydrogens (tertiary/aromatic N) is 2. The SMILES string of the molecule is CC1(C)c2ccccc2-c2c(-c3cc(-c4c5ccccc5cc5ccc6ccccc6c45)nc(-c4ccccc4)n3)cccc21. The molecule has 1 heterocycles. The molecule has 45 heavy (non-hydrogen) atoms. The van der Waals surface area contributed by atoms with Crippen LogP contribution in [-0.2, 0) is 5.41 Å². The van der Waals surface area contributed by atoms with E-state index in [-0.39, 0.29) is 5.41 Å². The van der Waals surface area contributed by atoms with E-state index in [9.17, 15) is 0 Å². The normalized spacial score (nSPS) is 13.3. The number of hydrogen-bond acceptors (Lipinski definition) is 2. The first-order chi connectivity index (χ1) is 22.1. The highest BCUT2D eigenvalue weighted by atomic mass is 14.9. The Balaban J connectivity index is 1.42. The van der Waals surface area contributed by atoms with Gasteiger partial charge in [-0.15, -0.1) is 0 Å². The third kappa shape index (κ3) is 3.89. The van der Waals surface area contributed by atoms with Crippen molar-refractivity contribution >= 4 is 32.3 Å². The molecule has 0 saturated carbocycles. The molecule has 0 amide bonds. The Bertz CT molecular complexity index is 2450. The molecule has 0 aliphatic heterocycles. The lowest BCUT2D eigenvalue weighted by molar-refractivity contribution is 0.660. The highest BCUT2D eigenvalue weighted by molar-refractivity contribution is 6.21. The molecule has 212 valence electrons. The number of aromatic nitrogens is 2. The highest BCUT2D eigenvalue weighted by Gasteiger charge is 2.36. The van der Waals surface area contributed by atoms with Gasteiger partial charge in [-0.25, -0.2) is 9.97 Å². The molecule has 0 unspecified atom stereocenters. The van der Waals surface area contributed by atoms with Crippen molar-refractivity contribution in [3.8, 4) is 45.0 Å². The van der Waals surface area contributed by atoms with Gasteiger partial charge in [0.15, 0.2) is 5.82 Å². The van der Waals surface area contributed by atoms with E-state index in [0.717, 1.165) is 33.9 Å². The first-order valence-electron chi connectivity index (χ1n) is 15.6. The predicted molar refractivity (Wildman–Crippen MR) is 188 cm³/mol. The van der Waals surface area contributed by atoms with E-state index in [2.05, 4.69) is 153 Å². The van der Waals surface area contributed by atoms with E-state index in [1.807, 2.05) is 6.07 Å².